The van der Waals surface area contributed by atoms with Gasteiger partial charge in [0.25, 0.3) is 5.91 Å². The van der Waals surface area contributed by atoms with Crippen molar-refractivity contribution in [1.82, 2.24) is 4.98 Å². The minimum absolute atomic E-state index is 0.179. The number of benzene rings is 1. The van der Waals surface area contributed by atoms with Crippen LogP contribution in [0.15, 0.2) is 42.6 Å². The van der Waals surface area contributed by atoms with E-state index in [1.807, 2.05) is 6.07 Å². The van der Waals surface area contributed by atoms with Crippen molar-refractivity contribution >= 4 is 5.91 Å². The Kier molecular flexibility index (Phi) is 7.51. The maximum Gasteiger partial charge on any atom is 0.271 e. The van der Waals surface area contributed by atoms with E-state index in [4.69, 9.17) is 19.9 Å². The number of nitrogens with two attached hydrogens (primary N) is 1. The van der Waals surface area contributed by atoms with Crippen LogP contribution < -0.4 is 10.5 Å². The van der Waals surface area contributed by atoms with E-state index in [9.17, 15) is 9.90 Å². The van der Waals surface area contributed by atoms with Crippen molar-refractivity contribution in [3.8, 4) is 11.5 Å². The summed E-state index contributed by atoms with van der Waals surface area (Å²) in [6, 6.07) is 11.9. The van der Waals surface area contributed by atoms with Gasteiger partial charge in [-0.05, 0) is 17.9 Å². The number of primary amides is 1. The zero-order chi connectivity index (χ0) is 22.5. The highest BCUT2D eigenvalue weighted by atomic mass is 16.5. The second-order valence-corrected chi connectivity index (χ2v) is 8.41. The van der Waals surface area contributed by atoms with E-state index in [0.717, 1.165) is 0 Å². The molecule has 7 nitrogen and oxygen atoms in total. The van der Waals surface area contributed by atoms with Crippen LogP contribution in [0, 0.1) is 17.8 Å². The van der Waals surface area contributed by atoms with Crippen molar-refractivity contribution in [1.29, 1.82) is 0 Å². The summed E-state index contributed by atoms with van der Waals surface area (Å²) >= 11 is 0. The molecule has 2 aliphatic rings. The van der Waals surface area contributed by atoms with Crippen molar-refractivity contribution < 1.29 is 24.1 Å². The number of amides is 1. The van der Waals surface area contributed by atoms with E-state index in [-0.39, 0.29) is 17.2 Å². The number of carbonyl (C=O) groups excluding carboxylic acids is 1. The smallest absolute Gasteiger partial charge is 0.271 e. The van der Waals surface area contributed by atoms with E-state index >= 15 is 0 Å². The van der Waals surface area contributed by atoms with Gasteiger partial charge in [0.15, 0.2) is 17.2 Å². The number of nitrogens with zero attached hydrogens (tertiary/aromatic N) is 1. The standard InChI is InChI=1S/C17H24O2.C7H8N2O3/c1-11-9-15-12(2)17(13(3)16(11)19-15)18-10-14-7-5-4-6-8-14;1-12-4-2-3-9-5(6(4)10)7(8)11/h4-8,11-13,15-17H,9-10H2,1-3H3;2-3,10H,1H3,(H2,8,11)/t11-,12-,13-,15?,16?,17-;/m0./s1. The molecule has 0 radical (unpaired) electrons. The first-order chi connectivity index (χ1) is 14.8. The highest BCUT2D eigenvalue weighted by molar-refractivity contribution is 5.94. The number of aromatic hydroxyl groups is 1. The van der Waals surface area contributed by atoms with Crippen molar-refractivity contribution in [3.05, 3.63) is 53.9 Å². The number of pyridine rings is 1. The number of hydrogen-bond donors (Lipinski definition) is 2. The van der Waals surface area contributed by atoms with Crippen LogP contribution in [-0.4, -0.2) is 41.4 Å². The van der Waals surface area contributed by atoms with Crippen LogP contribution >= 0.6 is 0 Å². The lowest BCUT2D eigenvalue weighted by Gasteiger charge is -2.40. The van der Waals surface area contributed by atoms with Gasteiger partial charge in [-0.2, -0.15) is 0 Å². The predicted molar refractivity (Wildman–Crippen MR) is 117 cm³/mol. The van der Waals surface area contributed by atoms with Crippen LogP contribution in [0.5, 0.6) is 11.5 Å². The zero-order valence-corrected chi connectivity index (χ0v) is 18.5. The normalized spacial score (nSPS) is 29.0. The highest BCUT2D eigenvalue weighted by Crippen LogP contribution is 2.44. The molecule has 2 unspecified atom stereocenters. The topological polar surface area (TPSA) is 104 Å². The summed E-state index contributed by atoms with van der Waals surface area (Å²) in [5, 5.41) is 9.27. The molecule has 0 aliphatic carbocycles. The number of carbonyl (C=O) groups is 1. The zero-order valence-electron chi connectivity index (χ0n) is 18.5. The molecule has 2 fully saturated rings. The second-order valence-electron chi connectivity index (χ2n) is 8.41. The molecule has 3 heterocycles. The summed E-state index contributed by atoms with van der Waals surface area (Å²) < 4.78 is 17.1. The molecule has 1 aromatic carbocycles. The molecular weight excluding hydrogens is 396 g/mol. The summed E-state index contributed by atoms with van der Waals surface area (Å²) in [7, 11) is 1.37. The molecule has 2 bridgehead atoms. The fraction of sp³-hybridized carbons (Fsp3) is 0.500. The Bertz CT molecular complexity index is 876. The summed E-state index contributed by atoms with van der Waals surface area (Å²) in [5.41, 5.74) is 5.99. The summed E-state index contributed by atoms with van der Waals surface area (Å²) in [6.45, 7) is 7.60. The van der Waals surface area contributed by atoms with Crippen LogP contribution in [0.3, 0.4) is 0 Å². The Morgan fingerprint density at radius 2 is 1.90 bits per heavy atom. The van der Waals surface area contributed by atoms with Crippen LogP contribution in [0.1, 0.15) is 43.2 Å². The lowest BCUT2D eigenvalue weighted by atomic mass is 9.85. The minimum Gasteiger partial charge on any atom is -0.503 e. The molecule has 4 rings (SSSR count). The van der Waals surface area contributed by atoms with Gasteiger partial charge in [0.1, 0.15) is 0 Å². The van der Waals surface area contributed by atoms with E-state index < -0.39 is 5.91 Å². The van der Waals surface area contributed by atoms with Gasteiger partial charge < -0.3 is 25.1 Å². The number of fused-ring (bicyclic) bond motifs is 2. The van der Waals surface area contributed by atoms with Gasteiger partial charge in [0.2, 0.25) is 0 Å². The summed E-state index contributed by atoms with van der Waals surface area (Å²) in [5.74, 6) is 0.734. The minimum atomic E-state index is -0.786. The monoisotopic (exact) mass is 428 g/mol. The molecule has 6 atom stereocenters. The molecule has 168 valence electrons. The lowest BCUT2D eigenvalue weighted by molar-refractivity contribution is -0.157. The molecule has 2 saturated heterocycles. The van der Waals surface area contributed by atoms with Gasteiger partial charge in [-0.1, -0.05) is 51.1 Å². The third-order valence-electron chi connectivity index (χ3n) is 6.26. The first-order valence-corrected chi connectivity index (χ1v) is 10.7. The SMILES string of the molecule is COc1ccnc(C(N)=O)c1O.C[C@H]1CC2OC1[C@H](C)[C@@H](OCc1ccccc1)[C@H]2C. The fourth-order valence-corrected chi connectivity index (χ4v) is 4.60. The quantitative estimate of drug-likeness (QED) is 0.755. The van der Waals surface area contributed by atoms with Crippen molar-refractivity contribution in [3.63, 3.8) is 0 Å². The Morgan fingerprint density at radius 1 is 1.19 bits per heavy atom. The Hall–Kier alpha value is -2.64. The maximum absolute atomic E-state index is 10.6. The molecule has 2 aromatic rings. The van der Waals surface area contributed by atoms with E-state index in [0.29, 0.717) is 42.7 Å². The third-order valence-corrected chi connectivity index (χ3v) is 6.26. The summed E-state index contributed by atoms with van der Waals surface area (Å²) in [6.07, 6.45) is 3.65. The van der Waals surface area contributed by atoms with Crippen LogP contribution in [0.25, 0.3) is 0 Å². The molecular formula is C24H32N2O5. The van der Waals surface area contributed by atoms with Crippen LogP contribution in [0.2, 0.25) is 0 Å². The van der Waals surface area contributed by atoms with E-state index in [1.54, 1.807) is 0 Å². The number of aromatic nitrogens is 1. The maximum atomic E-state index is 10.6. The first kappa shape index (κ1) is 23.0. The summed E-state index contributed by atoms with van der Waals surface area (Å²) in [4.78, 5) is 14.2. The number of methoxy groups -OCH3 is 1. The van der Waals surface area contributed by atoms with Crippen molar-refractivity contribution in [2.24, 2.45) is 23.5 Å². The van der Waals surface area contributed by atoms with Gasteiger partial charge in [0, 0.05) is 24.1 Å². The van der Waals surface area contributed by atoms with Crippen LogP contribution in [-0.2, 0) is 16.1 Å². The molecule has 31 heavy (non-hydrogen) atoms. The third kappa shape index (κ3) is 5.17. The predicted octanol–water partition coefficient (Wildman–Crippen LogP) is 3.55. The number of hydrogen-bond acceptors (Lipinski definition) is 6. The van der Waals surface area contributed by atoms with Gasteiger partial charge >= 0.3 is 0 Å². The molecule has 1 aromatic heterocycles. The molecule has 7 heteroatoms. The van der Waals surface area contributed by atoms with Crippen molar-refractivity contribution in [2.45, 2.75) is 52.1 Å². The highest BCUT2D eigenvalue weighted by Gasteiger charge is 2.49. The Labute approximate surface area is 183 Å². The molecule has 0 saturated carbocycles. The van der Waals surface area contributed by atoms with Crippen molar-refractivity contribution in [2.75, 3.05) is 7.11 Å². The van der Waals surface area contributed by atoms with Gasteiger partial charge in [-0.15, -0.1) is 0 Å². The van der Waals surface area contributed by atoms with E-state index in [2.05, 4.69) is 50.0 Å². The van der Waals surface area contributed by atoms with Gasteiger partial charge in [-0.3, -0.25) is 4.79 Å². The van der Waals surface area contributed by atoms with E-state index in [1.165, 1.54) is 31.4 Å². The van der Waals surface area contributed by atoms with Crippen LogP contribution in [0.4, 0.5) is 0 Å². The number of ether oxygens (including phenoxy) is 3. The molecule has 0 spiro atoms. The Morgan fingerprint density at radius 3 is 2.55 bits per heavy atom. The van der Waals surface area contributed by atoms with Gasteiger partial charge in [-0.25, -0.2) is 4.98 Å². The second kappa shape index (κ2) is 10.1. The Balaban J connectivity index is 0.000000196. The van der Waals surface area contributed by atoms with Gasteiger partial charge in [0.05, 0.1) is 32.0 Å². The largest absolute Gasteiger partial charge is 0.503 e. The molecule has 2 aliphatic heterocycles. The fourth-order valence-electron chi connectivity index (χ4n) is 4.60. The molecule has 1 amide bonds. The molecule has 3 N–H and O–H groups in total. The number of rotatable bonds is 5. The average Bonchev–Trinajstić information content (AvgIpc) is 3.12. The first-order valence-electron chi connectivity index (χ1n) is 10.7. The lowest BCUT2D eigenvalue weighted by Crippen LogP contribution is -2.45. The average molecular weight is 429 g/mol.